The van der Waals surface area contributed by atoms with Crippen molar-refractivity contribution in [2.24, 2.45) is 0 Å². The van der Waals surface area contributed by atoms with Crippen LogP contribution in [0.5, 0.6) is 0 Å². The maximum absolute atomic E-state index is 5.46. The summed E-state index contributed by atoms with van der Waals surface area (Å²) in [5.41, 5.74) is 1.34. The van der Waals surface area contributed by atoms with Crippen LogP contribution in [0, 0.1) is 0 Å². The van der Waals surface area contributed by atoms with Crippen LogP contribution in [0.3, 0.4) is 0 Å². The van der Waals surface area contributed by atoms with Gasteiger partial charge in [0.25, 0.3) is 0 Å². The SMILES string of the molecule is CO[C@H]1[C@H](OC)[C@H](C)P(C)[C@H]1C. The molecule has 1 aliphatic heterocycles. The lowest BCUT2D eigenvalue weighted by molar-refractivity contribution is -0.0244. The van der Waals surface area contributed by atoms with Crippen LogP contribution in [0.25, 0.3) is 0 Å². The molecule has 1 heterocycles. The minimum Gasteiger partial charge on any atom is -0.378 e. The Morgan fingerprint density at radius 1 is 0.917 bits per heavy atom. The van der Waals surface area contributed by atoms with Gasteiger partial charge in [-0.15, -0.1) is 0 Å². The lowest BCUT2D eigenvalue weighted by Crippen LogP contribution is -2.34. The third-order valence-corrected chi connectivity index (χ3v) is 6.26. The summed E-state index contributed by atoms with van der Waals surface area (Å²) in [4.78, 5) is 0. The fourth-order valence-electron chi connectivity index (χ4n) is 2.05. The molecule has 0 aromatic carbocycles. The molecule has 3 heteroatoms. The monoisotopic (exact) mass is 190 g/mol. The van der Waals surface area contributed by atoms with Gasteiger partial charge in [0.15, 0.2) is 0 Å². The molecule has 0 unspecified atom stereocenters. The van der Waals surface area contributed by atoms with Gasteiger partial charge in [0.05, 0.1) is 12.2 Å². The molecule has 72 valence electrons. The molecule has 0 N–H and O–H groups in total. The highest BCUT2D eigenvalue weighted by molar-refractivity contribution is 7.58. The van der Waals surface area contributed by atoms with Gasteiger partial charge in [0, 0.05) is 25.5 Å². The van der Waals surface area contributed by atoms with Crippen molar-refractivity contribution >= 4 is 7.92 Å². The van der Waals surface area contributed by atoms with Gasteiger partial charge < -0.3 is 9.47 Å². The quantitative estimate of drug-likeness (QED) is 0.619. The molecule has 1 saturated heterocycles. The maximum Gasteiger partial charge on any atom is 0.0903 e. The summed E-state index contributed by atoms with van der Waals surface area (Å²) in [6, 6.07) is 0. The van der Waals surface area contributed by atoms with Crippen LogP contribution in [0.2, 0.25) is 0 Å². The molecule has 0 amide bonds. The average molecular weight is 190 g/mol. The van der Waals surface area contributed by atoms with E-state index in [1.807, 2.05) is 0 Å². The second kappa shape index (κ2) is 4.04. The van der Waals surface area contributed by atoms with Crippen LogP contribution < -0.4 is 0 Å². The molecule has 2 nitrogen and oxygen atoms in total. The molecule has 4 atom stereocenters. The number of ether oxygens (including phenoxy) is 2. The van der Waals surface area contributed by atoms with Crippen LogP contribution in [-0.2, 0) is 9.47 Å². The van der Waals surface area contributed by atoms with E-state index in [4.69, 9.17) is 9.47 Å². The predicted molar refractivity (Wildman–Crippen MR) is 53.4 cm³/mol. The van der Waals surface area contributed by atoms with E-state index in [1.165, 1.54) is 0 Å². The van der Waals surface area contributed by atoms with E-state index in [-0.39, 0.29) is 7.92 Å². The van der Waals surface area contributed by atoms with Gasteiger partial charge in [0.1, 0.15) is 0 Å². The summed E-state index contributed by atoms with van der Waals surface area (Å²) < 4.78 is 10.9. The van der Waals surface area contributed by atoms with Crippen LogP contribution in [0.4, 0.5) is 0 Å². The van der Waals surface area contributed by atoms with Crippen molar-refractivity contribution < 1.29 is 9.47 Å². The summed E-state index contributed by atoms with van der Waals surface area (Å²) in [6.45, 7) is 6.89. The zero-order chi connectivity index (χ0) is 9.30. The first-order valence-corrected chi connectivity index (χ1v) is 6.33. The summed E-state index contributed by atoms with van der Waals surface area (Å²) in [5, 5.41) is 0. The van der Waals surface area contributed by atoms with E-state index in [0.29, 0.717) is 23.5 Å². The van der Waals surface area contributed by atoms with Crippen molar-refractivity contribution in [2.75, 3.05) is 20.9 Å². The first kappa shape index (κ1) is 10.4. The summed E-state index contributed by atoms with van der Waals surface area (Å²) in [6.07, 6.45) is 0.613. The van der Waals surface area contributed by atoms with Crippen molar-refractivity contribution in [2.45, 2.75) is 37.4 Å². The smallest absolute Gasteiger partial charge is 0.0903 e. The fourth-order valence-corrected chi connectivity index (χ4v) is 4.30. The molecule has 0 bridgehead atoms. The fraction of sp³-hybridized carbons (Fsp3) is 1.00. The van der Waals surface area contributed by atoms with E-state index in [2.05, 4.69) is 20.5 Å². The summed E-state index contributed by atoms with van der Waals surface area (Å²) >= 11 is 0. The van der Waals surface area contributed by atoms with Crippen molar-refractivity contribution in [3.05, 3.63) is 0 Å². The van der Waals surface area contributed by atoms with Crippen LogP contribution in [0.1, 0.15) is 13.8 Å². The molecule has 1 aliphatic rings. The lowest BCUT2D eigenvalue weighted by atomic mass is 10.1. The zero-order valence-corrected chi connectivity index (χ0v) is 9.47. The molecule has 0 aromatic rings. The van der Waals surface area contributed by atoms with Gasteiger partial charge >= 0.3 is 0 Å². The Morgan fingerprint density at radius 2 is 1.25 bits per heavy atom. The Balaban J connectivity index is 2.72. The van der Waals surface area contributed by atoms with Crippen LogP contribution in [0.15, 0.2) is 0 Å². The maximum atomic E-state index is 5.46. The predicted octanol–water partition coefficient (Wildman–Crippen LogP) is 1.92. The zero-order valence-electron chi connectivity index (χ0n) is 8.57. The topological polar surface area (TPSA) is 18.5 Å². The number of hydrogen-bond donors (Lipinski definition) is 0. The van der Waals surface area contributed by atoms with Gasteiger partial charge in [-0.05, 0) is 6.66 Å². The molecule has 0 spiro atoms. The Bertz CT molecular complexity index is 135. The van der Waals surface area contributed by atoms with E-state index in [1.54, 1.807) is 14.2 Å². The Morgan fingerprint density at radius 3 is 1.50 bits per heavy atom. The number of rotatable bonds is 2. The van der Waals surface area contributed by atoms with Gasteiger partial charge in [-0.1, -0.05) is 21.8 Å². The van der Waals surface area contributed by atoms with Gasteiger partial charge in [-0.25, -0.2) is 0 Å². The molecule has 0 aromatic heterocycles. The lowest BCUT2D eigenvalue weighted by Gasteiger charge is -2.20. The average Bonchev–Trinajstić information content (AvgIpc) is 2.29. The first-order chi connectivity index (χ1) is 5.63. The van der Waals surface area contributed by atoms with Crippen LogP contribution >= 0.6 is 7.92 Å². The molecular formula is C9H19O2P. The summed E-state index contributed by atoms with van der Waals surface area (Å²) in [5.74, 6) is 0. The Labute approximate surface area is 76.4 Å². The highest BCUT2D eigenvalue weighted by atomic mass is 31.1. The van der Waals surface area contributed by atoms with Gasteiger partial charge in [-0.3, -0.25) is 0 Å². The standard InChI is InChI=1S/C9H19O2P/c1-6-8(10-3)9(11-4)7(2)12(6)5/h6-9H,1-5H3/t6-,7-,8+,9+/m0/s1. The van der Waals surface area contributed by atoms with Gasteiger partial charge in [-0.2, -0.15) is 0 Å². The summed E-state index contributed by atoms with van der Waals surface area (Å²) in [7, 11) is 3.64. The second-order valence-electron chi connectivity index (χ2n) is 3.55. The van der Waals surface area contributed by atoms with E-state index in [0.717, 1.165) is 0 Å². The van der Waals surface area contributed by atoms with E-state index >= 15 is 0 Å². The molecule has 12 heavy (non-hydrogen) atoms. The highest BCUT2D eigenvalue weighted by Gasteiger charge is 2.44. The molecule has 0 aliphatic carbocycles. The molecule has 1 fully saturated rings. The van der Waals surface area contributed by atoms with E-state index < -0.39 is 0 Å². The highest BCUT2D eigenvalue weighted by Crippen LogP contribution is 2.53. The van der Waals surface area contributed by atoms with Crippen molar-refractivity contribution in [1.82, 2.24) is 0 Å². The largest absolute Gasteiger partial charge is 0.378 e. The van der Waals surface area contributed by atoms with Crippen molar-refractivity contribution in [3.8, 4) is 0 Å². The second-order valence-corrected chi connectivity index (χ2v) is 6.51. The van der Waals surface area contributed by atoms with Crippen molar-refractivity contribution in [3.63, 3.8) is 0 Å². The minimum atomic E-state index is 0.0723. The Kier molecular flexibility index (Phi) is 3.51. The molecule has 0 saturated carbocycles. The van der Waals surface area contributed by atoms with E-state index in [9.17, 15) is 0 Å². The molecule has 0 radical (unpaired) electrons. The first-order valence-electron chi connectivity index (χ1n) is 4.41. The Hall–Kier alpha value is 0.350. The molecular weight excluding hydrogens is 171 g/mol. The van der Waals surface area contributed by atoms with Gasteiger partial charge in [0.2, 0.25) is 0 Å². The third kappa shape index (κ3) is 1.53. The van der Waals surface area contributed by atoms with Crippen LogP contribution in [-0.4, -0.2) is 44.4 Å². The number of hydrogen-bond acceptors (Lipinski definition) is 2. The minimum absolute atomic E-state index is 0.0723. The third-order valence-electron chi connectivity index (χ3n) is 3.10. The molecule has 1 rings (SSSR count). The van der Waals surface area contributed by atoms with Crippen molar-refractivity contribution in [1.29, 1.82) is 0 Å². The number of methoxy groups -OCH3 is 2. The normalized spacial score (nSPS) is 48.2.